The second-order valence-corrected chi connectivity index (χ2v) is 4.57. The van der Waals surface area contributed by atoms with E-state index >= 15 is 0 Å². The lowest BCUT2D eigenvalue weighted by Crippen LogP contribution is -2.35. The Morgan fingerprint density at radius 1 is 1.40 bits per heavy atom. The van der Waals surface area contributed by atoms with Gasteiger partial charge in [-0.1, -0.05) is 0 Å². The minimum Gasteiger partial charge on any atom is -0.475 e. The van der Waals surface area contributed by atoms with Crippen LogP contribution in [0, 0.1) is 0 Å². The molecule has 1 amide bonds. The van der Waals surface area contributed by atoms with Crippen molar-refractivity contribution in [2.24, 2.45) is 7.05 Å². The fourth-order valence-electron chi connectivity index (χ4n) is 2.00. The van der Waals surface area contributed by atoms with E-state index in [2.05, 4.69) is 5.32 Å². The third-order valence-corrected chi connectivity index (χ3v) is 3.13. The van der Waals surface area contributed by atoms with Crippen LogP contribution in [-0.4, -0.2) is 23.6 Å². The molecule has 20 heavy (non-hydrogen) atoms. The zero-order chi connectivity index (χ0) is 14.9. The highest BCUT2D eigenvalue weighted by molar-refractivity contribution is 5.84. The summed E-state index contributed by atoms with van der Waals surface area (Å²) in [5.41, 5.74) is 6.80. The Hall–Kier alpha value is -2.50. The number of anilines is 1. The van der Waals surface area contributed by atoms with Crippen LogP contribution >= 0.6 is 0 Å². The van der Waals surface area contributed by atoms with E-state index in [-0.39, 0.29) is 17.2 Å². The predicted molar refractivity (Wildman–Crippen MR) is 77.8 cm³/mol. The summed E-state index contributed by atoms with van der Waals surface area (Å²) in [6.07, 6.45) is -0.744. The number of amides is 1. The van der Waals surface area contributed by atoms with Gasteiger partial charge >= 0.3 is 0 Å². The van der Waals surface area contributed by atoms with Crippen molar-refractivity contribution in [3.8, 4) is 5.75 Å². The molecule has 0 saturated heterocycles. The van der Waals surface area contributed by atoms with Crippen LogP contribution < -0.4 is 21.3 Å². The summed E-state index contributed by atoms with van der Waals surface area (Å²) in [5, 5.41) is 3.26. The summed E-state index contributed by atoms with van der Waals surface area (Å²) in [7, 11) is 3.17. The van der Waals surface area contributed by atoms with Gasteiger partial charge in [0, 0.05) is 25.2 Å². The molecule has 0 unspecified atom stereocenters. The average molecular weight is 275 g/mol. The van der Waals surface area contributed by atoms with E-state index in [0.717, 1.165) is 10.9 Å². The van der Waals surface area contributed by atoms with E-state index in [4.69, 9.17) is 10.5 Å². The highest BCUT2D eigenvalue weighted by Gasteiger charge is 2.16. The van der Waals surface area contributed by atoms with Crippen LogP contribution in [0.1, 0.15) is 6.92 Å². The molecule has 0 spiro atoms. The third-order valence-electron chi connectivity index (χ3n) is 3.13. The van der Waals surface area contributed by atoms with Gasteiger partial charge in [0.1, 0.15) is 0 Å². The number of carbonyl (C=O) groups is 1. The number of carbonyl (C=O) groups excluding carboxylic acids is 1. The van der Waals surface area contributed by atoms with Crippen molar-refractivity contribution < 1.29 is 9.53 Å². The van der Waals surface area contributed by atoms with Crippen LogP contribution in [0.2, 0.25) is 0 Å². The molecular formula is C14H17N3O3. The quantitative estimate of drug-likeness (QED) is 0.805. The van der Waals surface area contributed by atoms with E-state index in [0.29, 0.717) is 5.69 Å². The van der Waals surface area contributed by atoms with Crippen LogP contribution in [0.3, 0.4) is 0 Å². The Balaban J connectivity index is 2.51. The maximum Gasteiger partial charge on any atom is 0.293 e. The Kier molecular flexibility index (Phi) is 3.65. The maximum atomic E-state index is 12.2. The Labute approximate surface area is 116 Å². The molecule has 1 atom stereocenters. The second kappa shape index (κ2) is 5.24. The number of fused-ring (bicyclic) bond motifs is 1. The third kappa shape index (κ3) is 2.45. The normalized spacial score (nSPS) is 12.2. The number of nitrogens with one attached hydrogen (secondary N) is 1. The Morgan fingerprint density at radius 2 is 2.10 bits per heavy atom. The van der Waals surface area contributed by atoms with Crippen molar-refractivity contribution in [1.29, 1.82) is 0 Å². The van der Waals surface area contributed by atoms with Gasteiger partial charge in [-0.25, -0.2) is 0 Å². The molecular weight excluding hydrogens is 258 g/mol. The average Bonchev–Trinajstić information content (AvgIpc) is 2.43. The van der Waals surface area contributed by atoms with Crippen LogP contribution in [0.5, 0.6) is 5.75 Å². The number of benzene rings is 1. The first-order valence-electron chi connectivity index (χ1n) is 6.21. The molecule has 0 bridgehead atoms. The molecule has 1 aromatic heterocycles. The van der Waals surface area contributed by atoms with Crippen molar-refractivity contribution in [2.75, 3.05) is 12.8 Å². The summed E-state index contributed by atoms with van der Waals surface area (Å²) in [6.45, 7) is 1.59. The standard InChI is InChI=1S/C14H17N3O3/c1-8(13(18)16-2)20-12-7-9-6-10(15)4-5-11(9)17(3)14(12)19/h4-8H,15H2,1-3H3,(H,16,18)/t8-/m1/s1. The number of rotatable bonds is 3. The molecule has 0 aliphatic rings. The van der Waals surface area contributed by atoms with Gasteiger partial charge in [-0.05, 0) is 31.2 Å². The first-order chi connectivity index (χ1) is 9.43. The first-order valence-corrected chi connectivity index (χ1v) is 6.21. The van der Waals surface area contributed by atoms with Crippen LogP contribution in [0.25, 0.3) is 10.9 Å². The van der Waals surface area contributed by atoms with Gasteiger partial charge in [0.25, 0.3) is 11.5 Å². The zero-order valence-electron chi connectivity index (χ0n) is 11.6. The molecule has 6 heteroatoms. The summed E-state index contributed by atoms with van der Waals surface area (Å²) in [6, 6.07) is 6.87. The van der Waals surface area contributed by atoms with Gasteiger partial charge in [-0.3, -0.25) is 9.59 Å². The highest BCUT2D eigenvalue weighted by Crippen LogP contribution is 2.20. The molecule has 6 nitrogen and oxygen atoms in total. The van der Waals surface area contributed by atoms with Crippen molar-refractivity contribution in [1.82, 2.24) is 9.88 Å². The molecule has 2 rings (SSSR count). The van der Waals surface area contributed by atoms with Crippen molar-refractivity contribution in [3.63, 3.8) is 0 Å². The van der Waals surface area contributed by atoms with E-state index in [9.17, 15) is 9.59 Å². The predicted octanol–water partition coefficient (Wildman–Crippen LogP) is 0.634. The summed E-state index contributed by atoms with van der Waals surface area (Å²) < 4.78 is 6.91. The van der Waals surface area contributed by atoms with Crippen LogP contribution in [0.15, 0.2) is 29.1 Å². The fourth-order valence-corrected chi connectivity index (χ4v) is 2.00. The van der Waals surface area contributed by atoms with Crippen molar-refractivity contribution in [2.45, 2.75) is 13.0 Å². The maximum absolute atomic E-state index is 12.2. The first kappa shape index (κ1) is 13.9. The Morgan fingerprint density at radius 3 is 2.75 bits per heavy atom. The molecule has 0 fully saturated rings. The fraction of sp³-hybridized carbons (Fsp3) is 0.286. The number of pyridine rings is 1. The Bertz CT molecular complexity index is 721. The van der Waals surface area contributed by atoms with E-state index in [1.54, 1.807) is 38.2 Å². The number of nitrogens with zero attached hydrogens (tertiary/aromatic N) is 1. The van der Waals surface area contributed by atoms with Gasteiger partial charge in [0.15, 0.2) is 11.9 Å². The molecule has 106 valence electrons. The SMILES string of the molecule is CNC(=O)[C@@H](C)Oc1cc2cc(N)ccc2n(C)c1=O. The molecule has 0 aliphatic heterocycles. The van der Waals surface area contributed by atoms with Crippen LogP contribution in [0.4, 0.5) is 5.69 Å². The van der Waals surface area contributed by atoms with E-state index in [1.165, 1.54) is 11.6 Å². The number of aromatic nitrogens is 1. The van der Waals surface area contributed by atoms with Gasteiger partial charge in [-0.15, -0.1) is 0 Å². The molecule has 3 N–H and O–H groups in total. The topological polar surface area (TPSA) is 86.3 Å². The molecule has 0 radical (unpaired) electrons. The number of ether oxygens (including phenoxy) is 1. The minimum atomic E-state index is -0.744. The van der Waals surface area contributed by atoms with Gasteiger partial charge in [0.2, 0.25) is 0 Å². The van der Waals surface area contributed by atoms with Gasteiger partial charge in [-0.2, -0.15) is 0 Å². The number of aryl methyl sites for hydroxylation is 1. The lowest BCUT2D eigenvalue weighted by atomic mass is 10.2. The van der Waals surface area contributed by atoms with Crippen molar-refractivity contribution in [3.05, 3.63) is 34.6 Å². The van der Waals surface area contributed by atoms with Gasteiger partial charge < -0.3 is 20.4 Å². The summed E-state index contributed by atoms with van der Waals surface area (Å²) >= 11 is 0. The largest absolute Gasteiger partial charge is 0.475 e. The van der Waals surface area contributed by atoms with E-state index in [1.807, 2.05) is 0 Å². The second-order valence-electron chi connectivity index (χ2n) is 4.57. The zero-order valence-corrected chi connectivity index (χ0v) is 11.6. The smallest absolute Gasteiger partial charge is 0.293 e. The number of nitrogens with two attached hydrogens (primary N) is 1. The van der Waals surface area contributed by atoms with Crippen molar-refractivity contribution >= 4 is 22.5 Å². The number of nitrogen functional groups attached to an aromatic ring is 1. The minimum absolute atomic E-state index is 0.127. The monoisotopic (exact) mass is 275 g/mol. The number of likely N-dealkylation sites (N-methyl/N-ethyl adjacent to an activating group) is 1. The molecule has 1 heterocycles. The lowest BCUT2D eigenvalue weighted by Gasteiger charge is -2.14. The lowest BCUT2D eigenvalue weighted by molar-refractivity contribution is -0.126. The summed E-state index contributed by atoms with van der Waals surface area (Å²) in [5.74, 6) is -0.165. The molecule has 2 aromatic rings. The number of hydrogen-bond donors (Lipinski definition) is 2. The summed E-state index contributed by atoms with van der Waals surface area (Å²) in [4.78, 5) is 23.7. The van der Waals surface area contributed by atoms with Gasteiger partial charge in [0.05, 0.1) is 5.52 Å². The van der Waals surface area contributed by atoms with Crippen LogP contribution in [-0.2, 0) is 11.8 Å². The molecule has 1 aromatic carbocycles. The van der Waals surface area contributed by atoms with E-state index < -0.39 is 6.10 Å². The molecule has 0 saturated carbocycles. The molecule has 0 aliphatic carbocycles. The number of hydrogen-bond acceptors (Lipinski definition) is 4. The highest BCUT2D eigenvalue weighted by atomic mass is 16.5.